The first-order valence-electron chi connectivity index (χ1n) is 7.16. The van der Waals surface area contributed by atoms with E-state index in [1.807, 2.05) is 66.8 Å². The molecule has 0 fully saturated rings. The molecule has 8 N–H and O–H groups in total. The number of hydrogen-bond donors (Lipinski definition) is 4. The third-order valence-electron chi connectivity index (χ3n) is 4.15. The summed E-state index contributed by atoms with van der Waals surface area (Å²) in [6.07, 6.45) is 5.88. The molecule has 0 spiro atoms. The Morgan fingerprint density at radius 1 is 0.818 bits per heavy atom. The van der Waals surface area contributed by atoms with E-state index in [9.17, 15) is 0 Å². The molecule has 0 aromatic heterocycles. The number of allylic oxidation sites excluding steroid dienone is 2. The molecule has 4 heteroatoms. The van der Waals surface area contributed by atoms with Gasteiger partial charge in [0.2, 0.25) is 0 Å². The zero-order chi connectivity index (χ0) is 15.7. The molecule has 0 saturated carbocycles. The van der Waals surface area contributed by atoms with Crippen LogP contribution in [0.5, 0.6) is 0 Å². The topological polar surface area (TPSA) is 104 Å². The van der Waals surface area contributed by atoms with Crippen LogP contribution in [0.3, 0.4) is 0 Å². The summed E-state index contributed by atoms with van der Waals surface area (Å²) in [4.78, 5) is 0. The average molecular weight is 292 g/mol. The second kappa shape index (κ2) is 5.33. The van der Waals surface area contributed by atoms with Gasteiger partial charge < -0.3 is 22.9 Å². The van der Waals surface area contributed by atoms with Crippen LogP contribution >= 0.6 is 0 Å². The van der Waals surface area contributed by atoms with Gasteiger partial charge in [-0.2, -0.15) is 0 Å². The van der Waals surface area contributed by atoms with Gasteiger partial charge in [0.1, 0.15) is 0 Å². The molecule has 0 aliphatic heterocycles. The molecule has 0 saturated heterocycles. The number of benzene rings is 2. The summed E-state index contributed by atoms with van der Waals surface area (Å²) in [7, 11) is 0. The quantitative estimate of drug-likeness (QED) is 0.635. The Balaban J connectivity index is 2.00. The van der Waals surface area contributed by atoms with Crippen LogP contribution in [-0.2, 0) is 5.54 Å². The van der Waals surface area contributed by atoms with Gasteiger partial charge in [0.05, 0.1) is 11.6 Å². The molecule has 0 amide bonds. The van der Waals surface area contributed by atoms with Crippen molar-refractivity contribution in [3.05, 3.63) is 77.9 Å². The van der Waals surface area contributed by atoms with E-state index in [-0.39, 0.29) is 6.04 Å². The fraction of sp³-hybridized carbons (Fsp3) is 0.111. The number of nitrogens with two attached hydrogens (primary N) is 4. The van der Waals surface area contributed by atoms with Crippen LogP contribution in [0.25, 0.3) is 5.57 Å². The molecular weight excluding hydrogens is 272 g/mol. The Morgan fingerprint density at radius 2 is 1.36 bits per heavy atom. The highest BCUT2D eigenvalue weighted by Crippen LogP contribution is 2.34. The van der Waals surface area contributed by atoms with Crippen molar-refractivity contribution in [3.8, 4) is 0 Å². The van der Waals surface area contributed by atoms with Crippen molar-refractivity contribution < 1.29 is 0 Å². The highest BCUT2D eigenvalue weighted by Gasteiger charge is 2.36. The minimum absolute atomic E-state index is 0.357. The zero-order valence-corrected chi connectivity index (χ0v) is 12.2. The Hall–Kier alpha value is -2.56. The Morgan fingerprint density at radius 3 is 1.95 bits per heavy atom. The van der Waals surface area contributed by atoms with Gasteiger partial charge >= 0.3 is 0 Å². The summed E-state index contributed by atoms with van der Waals surface area (Å²) in [6, 6.07) is 14.8. The minimum atomic E-state index is -0.765. The van der Waals surface area contributed by atoms with Crippen molar-refractivity contribution in [2.75, 3.05) is 11.5 Å². The SMILES string of the molecule is Nc1ccc(C2=CC=CC(N)(c3ccc(N)cc3)C2N)cc1. The van der Waals surface area contributed by atoms with Crippen LogP contribution in [0.1, 0.15) is 11.1 Å². The van der Waals surface area contributed by atoms with E-state index in [4.69, 9.17) is 22.9 Å². The Bertz CT molecular complexity index is 729. The maximum Gasteiger partial charge on any atom is 0.0794 e. The fourth-order valence-electron chi connectivity index (χ4n) is 2.77. The standard InChI is InChI=1S/C18H20N4/c19-14-7-3-12(4-8-14)16-2-1-11-18(22,17(16)21)13-5-9-15(20)10-6-13/h1-11,17H,19-22H2. The molecule has 2 aromatic carbocycles. The van der Waals surface area contributed by atoms with Crippen LogP contribution in [0.2, 0.25) is 0 Å². The molecule has 0 bridgehead atoms. The monoisotopic (exact) mass is 292 g/mol. The molecule has 112 valence electrons. The molecule has 22 heavy (non-hydrogen) atoms. The van der Waals surface area contributed by atoms with Gasteiger partial charge in [-0.15, -0.1) is 0 Å². The summed E-state index contributed by atoms with van der Waals surface area (Å²) in [5, 5.41) is 0. The minimum Gasteiger partial charge on any atom is -0.399 e. The molecule has 3 rings (SSSR count). The molecule has 0 radical (unpaired) electrons. The lowest BCUT2D eigenvalue weighted by molar-refractivity contribution is 0.503. The van der Waals surface area contributed by atoms with E-state index in [0.29, 0.717) is 5.69 Å². The lowest BCUT2D eigenvalue weighted by atomic mass is 9.75. The zero-order valence-electron chi connectivity index (χ0n) is 12.2. The van der Waals surface area contributed by atoms with Crippen molar-refractivity contribution in [1.29, 1.82) is 0 Å². The maximum absolute atomic E-state index is 6.61. The van der Waals surface area contributed by atoms with Gasteiger partial charge in [-0.3, -0.25) is 0 Å². The van der Waals surface area contributed by atoms with Crippen LogP contribution < -0.4 is 22.9 Å². The van der Waals surface area contributed by atoms with E-state index < -0.39 is 5.54 Å². The molecule has 0 heterocycles. The Kier molecular flexibility index (Phi) is 3.48. The smallest absolute Gasteiger partial charge is 0.0794 e. The van der Waals surface area contributed by atoms with Crippen molar-refractivity contribution in [2.24, 2.45) is 11.5 Å². The Labute approximate surface area is 130 Å². The number of rotatable bonds is 2. The first-order chi connectivity index (χ1) is 10.5. The summed E-state index contributed by atoms with van der Waals surface area (Å²) in [6.45, 7) is 0. The van der Waals surface area contributed by atoms with Gasteiger partial charge in [0, 0.05) is 11.4 Å². The molecule has 2 unspecified atom stereocenters. The lowest BCUT2D eigenvalue weighted by Gasteiger charge is -2.37. The van der Waals surface area contributed by atoms with Gasteiger partial charge in [-0.25, -0.2) is 0 Å². The molecule has 4 nitrogen and oxygen atoms in total. The molecule has 1 aliphatic rings. The molecule has 2 atom stereocenters. The third-order valence-corrected chi connectivity index (χ3v) is 4.15. The van der Waals surface area contributed by atoms with E-state index in [0.717, 1.165) is 22.4 Å². The first-order valence-corrected chi connectivity index (χ1v) is 7.16. The lowest BCUT2D eigenvalue weighted by Crippen LogP contribution is -2.52. The van der Waals surface area contributed by atoms with Crippen molar-refractivity contribution in [3.63, 3.8) is 0 Å². The largest absolute Gasteiger partial charge is 0.399 e. The number of hydrogen-bond acceptors (Lipinski definition) is 4. The molecule has 1 aliphatic carbocycles. The second-order valence-corrected chi connectivity index (χ2v) is 5.64. The normalized spacial score (nSPS) is 24.1. The summed E-state index contributed by atoms with van der Waals surface area (Å²) >= 11 is 0. The van der Waals surface area contributed by atoms with Gasteiger partial charge in [0.25, 0.3) is 0 Å². The van der Waals surface area contributed by atoms with E-state index in [1.54, 1.807) is 0 Å². The fourth-order valence-corrected chi connectivity index (χ4v) is 2.77. The number of anilines is 2. The summed E-state index contributed by atoms with van der Waals surface area (Å²) < 4.78 is 0. The molecule has 2 aromatic rings. The van der Waals surface area contributed by atoms with Gasteiger partial charge in [-0.1, -0.05) is 42.5 Å². The molecular formula is C18H20N4. The third kappa shape index (κ3) is 2.39. The highest BCUT2D eigenvalue weighted by molar-refractivity contribution is 5.75. The van der Waals surface area contributed by atoms with Crippen molar-refractivity contribution in [1.82, 2.24) is 0 Å². The predicted molar refractivity (Wildman–Crippen MR) is 92.7 cm³/mol. The van der Waals surface area contributed by atoms with Gasteiger partial charge in [0.15, 0.2) is 0 Å². The van der Waals surface area contributed by atoms with Gasteiger partial charge in [-0.05, 0) is 41.0 Å². The summed E-state index contributed by atoms with van der Waals surface area (Å²) in [5.41, 5.74) is 28.2. The number of nitrogen functional groups attached to an aromatic ring is 2. The average Bonchev–Trinajstić information content (AvgIpc) is 2.52. The summed E-state index contributed by atoms with van der Waals surface area (Å²) in [5.74, 6) is 0. The van der Waals surface area contributed by atoms with Crippen LogP contribution in [0, 0.1) is 0 Å². The van der Waals surface area contributed by atoms with Crippen LogP contribution in [0.4, 0.5) is 11.4 Å². The van der Waals surface area contributed by atoms with E-state index >= 15 is 0 Å². The second-order valence-electron chi connectivity index (χ2n) is 5.64. The van der Waals surface area contributed by atoms with Crippen molar-refractivity contribution in [2.45, 2.75) is 11.6 Å². The first kappa shape index (κ1) is 14.4. The highest BCUT2D eigenvalue weighted by atomic mass is 14.9. The predicted octanol–water partition coefficient (Wildman–Crippen LogP) is 1.99. The van der Waals surface area contributed by atoms with Crippen molar-refractivity contribution >= 4 is 16.9 Å². The van der Waals surface area contributed by atoms with Crippen LogP contribution in [-0.4, -0.2) is 6.04 Å². The maximum atomic E-state index is 6.61. The van der Waals surface area contributed by atoms with E-state index in [1.165, 1.54) is 0 Å². The van der Waals surface area contributed by atoms with Crippen LogP contribution in [0.15, 0.2) is 66.8 Å². The van der Waals surface area contributed by atoms with E-state index in [2.05, 4.69) is 0 Å².